The zero-order valence-corrected chi connectivity index (χ0v) is 29.6. The third-order valence-electron chi connectivity index (χ3n) is 9.05. The van der Waals surface area contributed by atoms with E-state index >= 15 is 0 Å². The summed E-state index contributed by atoms with van der Waals surface area (Å²) in [6.07, 6.45) is 33.9. The second-order valence-electron chi connectivity index (χ2n) is 14.5. The Balaban J connectivity index is 3.39. The Morgan fingerprint density at radius 2 is 0.610 bits per heavy atom. The smallest absolute Gasteiger partial charge is 0.0948 e. The largest absolute Gasteiger partial charge is 0.748 e. The van der Waals surface area contributed by atoms with E-state index in [9.17, 15) is 13.0 Å². The lowest BCUT2D eigenvalue weighted by Gasteiger charge is -2.30. The Labute approximate surface area is 259 Å². The summed E-state index contributed by atoms with van der Waals surface area (Å²) in [5, 5.41) is 0. The predicted molar refractivity (Wildman–Crippen MR) is 179 cm³/mol. The lowest BCUT2D eigenvalue weighted by atomic mass is 10.0. The Bertz CT molecular complexity index is 664. The SMILES string of the molecule is CCCCCCCCCCCC[N+](C)(C)CCCCCCCCCCCCCCCC[N+](C)(C)CCCS(=O)(=O)[O-]. The molecule has 0 aromatic heterocycles. The Kier molecular flexibility index (Phi) is 26.1. The van der Waals surface area contributed by atoms with Gasteiger partial charge in [0.05, 0.1) is 64.5 Å². The van der Waals surface area contributed by atoms with Crippen molar-refractivity contribution in [2.45, 2.75) is 167 Å². The average Bonchev–Trinajstić information content (AvgIpc) is 2.88. The van der Waals surface area contributed by atoms with Crippen LogP contribution in [-0.4, -0.2) is 82.1 Å². The first-order valence-corrected chi connectivity index (χ1v) is 19.6. The minimum Gasteiger partial charge on any atom is -0.748 e. The van der Waals surface area contributed by atoms with Crippen molar-refractivity contribution in [2.24, 2.45) is 0 Å². The van der Waals surface area contributed by atoms with Gasteiger partial charge in [0, 0.05) is 12.2 Å². The van der Waals surface area contributed by atoms with Crippen LogP contribution >= 0.6 is 0 Å². The van der Waals surface area contributed by atoms with Gasteiger partial charge in [-0.15, -0.1) is 0 Å². The quantitative estimate of drug-likeness (QED) is 0.0437. The molecule has 0 radical (unpaired) electrons. The van der Waals surface area contributed by atoms with Gasteiger partial charge in [-0.05, 0) is 38.5 Å². The van der Waals surface area contributed by atoms with Gasteiger partial charge < -0.3 is 13.5 Å². The molecule has 0 N–H and O–H groups in total. The van der Waals surface area contributed by atoms with E-state index < -0.39 is 10.1 Å². The molecule has 0 aliphatic heterocycles. The lowest BCUT2D eigenvalue weighted by Crippen LogP contribution is -2.41. The number of quaternary nitrogens is 2. The van der Waals surface area contributed by atoms with Crippen LogP contribution < -0.4 is 0 Å². The number of rotatable bonds is 32. The van der Waals surface area contributed by atoms with Crippen LogP contribution in [0.4, 0.5) is 0 Å². The van der Waals surface area contributed by atoms with Gasteiger partial charge in [-0.3, -0.25) is 0 Å². The highest BCUT2D eigenvalue weighted by Gasteiger charge is 2.15. The molecule has 0 saturated carbocycles. The van der Waals surface area contributed by atoms with E-state index in [2.05, 4.69) is 35.1 Å². The molecule has 0 aliphatic carbocycles. The molecule has 0 fully saturated rings. The summed E-state index contributed by atoms with van der Waals surface area (Å²) >= 11 is 0. The zero-order valence-electron chi connectivity index (χ0n) is 28.7. The molecular weight excluding hydrogens is 528 g/mol. The first-order chi connectivity index (χ1) is 19.5. The summed E-state index contributed by atoms with van der Waals surface area (Å²) in [6.45, 7) is 6.83. The minimum absolute atomic E-state index is 0.230. The van der Waals surface area contributed by atoms with E-state index in [1.807, 2.05) is 0 Å². The molecule has 0 bridgehead atoms. The predicted octanol–water partition coefficient (Wildman–Crippen LogP) is 9.46. The molecule has 0 heterocycles. The molecule has 0 aliphatic rings. The zero-order chi connectivity index (χ0) is 30.7. The molecule has 0 amide bonds. The second kappa shape index (κ2) is 26.3. The van der Waals surface area contributed by atoms with Crippen LogP contribution in [0.2, 0.25) is 0 Å². The maximum absolute atomic E-state index is 10.8. The van der Waals surface area contributed by atoms with E-state index in [0.29, 0.717) is 6.42 Å². The Morgan fingerprint density at radius 3 is 0.854 bits per heavy atom. The van der Waals surface area contributed by atoms with Gasteiger partial charge in [0.15, 0.2) is 0 Å². The molecule has 0 rings (SSSR count). The number of hydrogen-bond acceptors (Lipinski definition) is 3. The average molecular weight is 604 g/mol. The normalized spacial score (nSPS) is 12.8. The molecule has 6 heteroatoms. The van der Waals surface area contributed by atoms with Crippen molar-refractivity contribution in [1.29, 1.82) is 0 Å². The molecule has 0 aromatic rings. The van der Waals surface area contributed by atoms with E-state index in [1.54, 1.807) is 0 Å². The van der Waals surface area contributed by atoms with Crippen molar-refractivity contribution >= 4 is 10.1 Å². The van der Waals surface area contributed by atoms with Crippen molar-refractivity contribution in [2.75, 3.05) is 60.1 Å². The standard InChI is InChI=1S/C35H75N2O3S/c1-6-7-8-9-10-11-18-21-24-27-31-36(2,3)32-28-25-22-19-16-14-12-13-15-17-20-23-26-29-33-37(4,5)34-30-35-41(38,39)40/h6-35H2,1-5H3/q+1. The van der Waals surface area contributed by atoms with Crippen molar-refractivity contribution in [1.82, 2.24) is 0 Å². The van der Waals surface area contributed by atoms with Crippen LogP contribution in [0.3, 0.4) is 0 Å². The summed E-state index contributed by atoms with van der Waals surface area (Å²) in [4.78, 5) is 0. The fourth-order valence-electron chi connectivity index (χ4n) is 6.12. The first-order valence-electron chi connectivity index (χ1n) is 18.0. The van der Waals surface area contributed by atoms with Gasteiger partial charge in [-0.1, -0.05) is 122 Å². The van der Waals surface area contributed by atoms with E-state index in [4.69, 9.17) is 0 Å². The number of hydrogen-bond donors (Lipinski definition) is 0. The van der Waals surface area contributed by atoms with Crippen LogP contribution in [0.1, 0.15) is 167 Å². The van der Waals surface area contributed by atoms with Crippen molar-refractivity contribution in [3.63, 3.8) is 0 Å². The third-order valence-corrected chi connectivity index (χ3v) is 9.84. The molecule has 0 aromatic carbocycles. The van der Waals surface area contributed by atoms with Crippen molar-refractivity contribution < 1.29 is 21.9 Å². The van der Waals surface area contributed by atoms with Crippen LogP contribution in [0.25, 0.3) is 0 Å². The number of unbranched alkanes of at least 4 members (excludes halogenated alkanes) is 22. The third kappa shape index (κ3) is 32.6. The molecule has 41 heavy (non-hydrogen) atoms. The minimum atomic E-state index is -4.07. The van der Waals surface area contributed by atoms with Gasteiger partial charge >= 0.3 is 0 Å². The molecule has 0 atom stereocenters. The van der Waals surface area contributed by atoms with Gasteiger partial charge in [0.1, 0.15) is 0 Å². The van der Waals surface area contributed by atoms with Crippen LogP contribution in [0.15, 0.2) is 0 Å². The summed E-state index contributed by atoms with van der Waals surface area (Å²) in [5.74, 6) is -0.230. The van der Waals surface area contributed by atoms with Crippen molar-refractivity contribution in [3.05, 3.63) is 0 Å². The first kappa shape index (κ1) is 40.8. The highest BCUT2D eigenvalue weighted by molar-refractivity contribution is 7.85. The monoisotopic (exact) mass is 604 g/mol. The summed E-state index contributed by atoms with van der Waals surface area (Å²) in [6, 6.07) is 0. The van der Waals surface area contributed by atoms with Crippen LogP contribution in [-0.2, 0) is 10.1 Å². The summed E-state index contributed by atoms with van der Waals surface area (Å²) in [7, 11) is 5.08. The highest BCUT2D eigenvalue weighted by Crippen LogP contribution is 2.15. The molecule has 5 nitrogen and oxygen atoms in total. The Morgan fingerprint density at radius 1 is 0.390 bits per heavy atom. The Hall–Kier alpha value is -0.170. The topological polar surface area (TPSA) is 57.2 Å². The van der Waals surface area contributed by atoms with E-state index in [0.717, 1.165) is 17.6 Å². The molecule has 248 valence electrons. The fourth-order valence-corrected chi connectivity index (χ4v) is 6.60. The van der Waals surface area contributed by atoms with Crippen molar-refractivity contribution in [3.8, 4) is 0 Å². The van der Waals surface area contributed by atoms with Gasteiger partial charge in [0.25, 0.3) is 0 Å². The van der Waals surface area contributed by atoms with Crippen LogP contribution in [0.5, 0.6) is 0 Å². The van der Waals surface area contributed by atoms with Gasteiger partial charge in [0.2, 0.25) is 0 Å². The van der Waals surface area contributed by atoms with E-state index in [-0.39, 0.29) is 5.75 Å². The van der Waals surface area contributed by atoms with Crippen LogP contribution in [0, 0.1) is 0 Å². The lowest BCUT2D eigenvalue weighted by molar-refractivity contribution is -0.890. The molecule has 0 saturated heterocycles. The summed E-state index contributed by atoms with van der Waals surface area (Å²) < 4.78 is 34.3. The van der Waals surface area contributed by atoms with E-state index in [1.165, 1.54) is 172 Å². The maximum Gasteiger partial charge on any atom is 0.0948 e. The molecule has 0 spiro atoms. The van der Waals surface area contributed by atoms with Gasteiger partial charge in [-0.25, -0.2) is 8.42 Å². The fraction of sp³-hybridized carbons (Fsp3) is 1.00. The maximum atomic E-state index is 10.8. The second-order valence-corrected chi connectivity index (χ2v) is 16.0. The van der Waals surface area contributed by atoms with Gasteiger partial charge in [-0.2, -0.15) is 0 Å². The molecule has 0 unspecified atom stereocenters. The highest BCUT2D eigenvalue weighted by atomic mass is 32.2. The summed E-state index contributed by atoms with van der Waals surface area (Å²) in [5.41, 5.74) is 0. The molecular formula is C35H75N2O3S+. The number of nitrogens with zero attached hydrogens (tertiary/aromatic N) is 2.